The smallest absolute Gasteiger partial charge is 0.151 e. The highest BCUT2D eigenvalue weighted by atomic mass is 32.2. The van der Waals surface area contributed by atoms with Crippen molar-refractivity contribution in [2.75, 3.05) is 24.7 Å². The van der Waals surface area contributed by atoms with E-state index >= 15 is 0 Å². The fourth-order valence-electron chi connectivity index (χ4n) is 3.64. The monoisotopic (exact) mass is 337 g/mol. The zero-order chi connectivity index (χ0) is 16.3. The molecule has 2 saturated heterocycles. The van der Waals surface area contributed by atoms with Crippen molar-refractivity contribution in [2.24, 2.45) is 0 Å². The first-order valence-electron chi connectivity index (χ1n) is 8.69. The molecule has 0 aliphatic carbocycles. The Labute approximate surface area is 139 Å². The number of hydrogen-bond donors (Lipinski definition) is 0. The molecule has 0 radical (unpaired) electrons. The Kier molecular flexibility index (Phi) is 5.39. The molecule has 1 aromatic rings. The molecule has 0 bridgehead atoms. The van der Waals surface area contributed by atoms with E-state index in [-0.39, 0.29) is 12.1 Å². The van der Waals surface area contributed by atoms with E-state index in [1.807, 2.05) is 0 Å². The second-order valence-corrected chi connectivity index (χ2v) is 9.02. The molecule has 0 saturated carbocycles. The summed E-state index contributed by atoms with van der Waals surface area (Å²) < 4.78 is 29.5. The number of benzene rings is 1. The lowest BCUT2D eigenvalue weighted by molar-refractivity contribution is 0.0574. The van der Waals surface area contributed by atoms with Crippen LogP contribution in [0.3, 0.4) is 0 Å². The fourth-order valence-corrected chi connectivity index (χ4v) is 5.40. The van der Waals surface area contributed by atoms with Crippen LogP contribution in [0, 0.1) is 0 Å². The number of aryl methyl sites for hydroxylation is 1. The van der Waals surface area contributed by atoms with Gasteiger partial charge in [0.15, 0.2) is 9.84 Å². The van der Waals surface area contributed by atoms with Gasteiger partial charge in [-0.15, -0.1) is 0 Å². The molecule has 0 unspecified atom stereocenters. The standard InChI is InChI=1S/C18H27NO3S/c1-2-15-5-3-6-16(11-15)12-19(13-18-7-4-9-22-18)17-8-10-23(20,21)14-17/h3,5-6,11,17-18H,2,4,7-10,12-14H2,1H3/t17-,18+/m0/s1. The van der Waals surface area contributed by atoms with Crippen molar-refractivity contribution >= 4 is 9.84 Å². The predicted octanol–water partition coefficient (Wildman–Crippen LogP) is 2.42. The summed E-state index contributed by atoms with van der Waals surface area (Å²) in [5.74, 6) is 0.627. The van der Waals surface area contributed by atoms with Crippen LogP contribution in [0.1, 0.15) is 37.3 Å². The van der Waals surface area contributed by atoms with Crippen LogP contribution in [-0.4, -0.2) is 50.1 Å². The maximum atomic E-state index is 11.9. The lowest BCUT2D eigenvalue weighted by atomic mass is 10.1. The molecular formula is C18H27NO3S. The minimum Gasteiger partial charge on any atom is -0.377 e. The normalized spacial score (nSPS) is 26.9. The molecule has 0 amide bonds. The fraction of sp³-hybridized carbons (Fsp3) is 0.667. The maximum Gasteiger partial charge on any atom is 0.151 e. The van der Waals surface area contributed by atoms with Gasteiger partial charge in [0.2, 0.25) is 0 Å². The predicted molar refractivity (Wildman–Crippen MR) is 92.3 cm³/mol. The van der Waals surface area contributed by atoms with Crippen LogP contribution in [-0.2, 0) is 27.5 Å². The Morgan fingerprint density at radius 1 is 1.26 bits per heavy atom. The van der Waals surface area contributed by atoms with E-state index in [0.717, 1.165) is 45.4 Å². The summed E-state index contributed by atoms with van der Waals surface area (Å²) in [5, 5.41) is 0. The molecule has 23 heavy (non-hydrogen) atoms. The summed E-state index contributed by atoms with van der Waals surface area (Å²) in [6.07, 6.45) is 4.24. The van der Waals surface area contributed by atoms with Gasteiger partial charge in [-0.05, 0) is 36.8 Å². The molecule has 5 heteroatoms. The van der Waals surface area contributed by atoms with Crippen LogP contribution in [0.4, 0.5) is 0 Å². The summed E-state index contributed by atoms with van der Waals surface area (Å²) >= 11 is 0. The zero-order valence-electron chi connectivity index (χ0n) is 13.9. The molecule has 128 valence electrons. The summed E-state index contributed by atoms with van der Waals surface area (Å²) in [6, 6.07) is 8.77. The van der Waals surface area contributed by atoms with E-state index in [4.69, 9.17) is 4.74 Å². The van der Waals surface area contributed by atoms with Crippen LogP contribution >= 0.6 is 0 Å². The minimum atomic E-state index is -2.86. The van der Waals surface area contributed by atoms with Crippen molar-refractivity contribution in [3.8, 4) is 0 Å². The topological polar surface area (TPSA) is 46.6 Å². The average molecular weight is 337 g/mol. The summed E-state index contributed by atoms with van der Waals surface area (Å²) in [7, 11) is -2.86. The Balaban J connectivity index is 1.73. The number of hydrogen-bond acceptors (Lipinski definition) is 4. The molecule has 2 aliphatic heterocycles. The average Bonchev–Trinajstić information content (AvgIpc) is 3.16. The first kappa shape index (κ1) is 16.9. The van der Waals surface area contributed by atoms with Gasteiger partial charge in [0.25, 0.3) is 0 Å². The van der Waals surface area contributed by atoms with Crippen LogP contribution in [0.15, 0.2) is 24.3 Å². The van der Waals surface area contributed by atoms with Crippen LogP contribution in [0.25, 0.3) is 0 Å². The van der Waals surface area contributed by atoms with Crippen molar-refractivity contribution in [1.29, 1.82) is 0 Å². The van der Waals surface area contributed by atoms with E-state index in [1.165, 1.54) is 11.1 Å². The summed E-state index contributed by atoms with van der Waals surface area (Å²) in [5.41, 5.74) is 2.60. The second kappa shape index (κ2) is 7.32. The molecule has 4 nitrogen and oxygen atoms in total. The third-order valence-corrected chi connectivity index (χ3v) is 6.72. The maximum absolute atomic E-state index is 11.9. The Morgan fingerprint density at radius 2 is 2.09 bits per heavy atom. The highest BCUT2D eigenvalue weighted by Crippen LogP contribution is 2.23. The minimum absolute atomic E-state index is 0.134. The van der Waals surface area contributed by atoms with E-state index < -0.39 is 9.84 Å². The van der Waals surface area contributed by atoms with Gasteiger partial charge < -0.3 is 4.74 Å². The van der Waals surface area contributed by atoms with Crippen molar-refractivity contribution < 1.29 is 13.2 Å². The number of rotatable bonds is 6. The SMILES string of the molecule is CCc1cccc(CN(C[C@H]2CCCO2)[C@H]2CCS(=O)(=O)C2)c1. The molecule has 2 aliphatic rings. The van der Waals surface area contributed by atoms with Crippen molar-refractivity contribution in [2.45, 2.75) is 51.3 Å². The molecular weight excluding hydrogens is 310 g/mol. The summed E-state index contributed by atoms with van der Waals surface area (Å²) in [4.78, 5) is 2.34. The third-order valence-electron chi connectivity index (χ3n) is 4.97. The molecule has 3 rings (SSSR count). The molecule has 2 atom stereocenters. The van der Waals surface area contributed by atoms with Crippen molar-refractivity contribution in [3.63, 3.8) is 0 Å². The van der Waals surface area contributed by atoms with Gasteiger partial charge in [-0.3, -0.25) is 4.90 Å². The van der Waals surface area contributed by atoms with Crippen LogP contribution in [0.5, 0.6) is 0 Å². The quantitative estimate of drug-likeness (QED) is 0.800. The molecule has 1 aromatic carbocycles. The highest BCUT2D eigenvalue weighted by molar-refractivity contribution is 7.91. The number of sulfone groups is 1. The molecule has 0 N–H and O–H groups in total. The van der Waals surface area contributed by atoms with Gasteiger partial charge in [0, 0.05) is 25.7 Å². The molecule has 2 heterocycles. The van der Waals surface area contributed by atoms with Gasteiger partial charge in [-0.2, -0.15) is 0 Å². The largest absolute Gasteiger partial charge is 0.377 e. The Morgan fingerprint density at radius 3 is 2.74 bits per heavy atom. The van der Waals surface area contributed by atoms with E-state index in [1.54, 1.807) is 0 Å². The molecule has 2 fully saturated rings. The van der Waals surface area contributed by atoms with Gasteiger partial charge in [0.1, 0.15) is 0 Å². The van der Waals surface area contributed by atoms with Gasteiger partial charge >= 0.3 is 0 Å². The van der Waals surface area contributed by atoms with Crippen LogP contribution in [0.2, 0.25) is 0 Å². The first-order valence-corrected chi connectivity index (χ1v) is 10.5. The molecule has 0 spiro atoms. The Hall–Kier alpha value is -0.910. The zero-order valence-corrected chi connectivity index (χ0v) is 14.7. The second-order valence-electron chi connectivity index (χ2n) is 6.79. The molecule has 0 aromatic heterocycles. The van der Waals surface area contributed by atoms with E-state index in [0.29, 0.717) is 11.5 Å². The van der Waals surface area contributed by atoms with Crippen LogP contribution < -0.4 is 0 Å². The van der Waals surface area contributed by atoms with E-state index in [2.05, 4.69) is 36.1 Å². The highest BCUT2D eigenvalue weighted by Gasteiger charge is 2.33. The third kappa shape index (κ3) is 4.55. The number of nitrogens with zero attached hydrogens (tertiary/aromatic N) is 1. The summed E-state index contributed by atoms with van der Waals surface area (Å²) in [6.45, 7) is 4.66. The lowest BCUT2D eigenvalue weighted by Crippen LogP contribution is -2.40. The van der Waals surface area contributed by atoms with E-state index in [9.17, 15) is 8.42 Å². The van der Waals surface area contributed by atoms with Crippen molar-refractivity contribution in [1.82, 2.24) is 4.90 Å². The Bertz CT molecular complexity index is 623. The number of ether oxygens (including phenoxy) is 1. The lowest BCUT2D eigenvalue weighted by Gasteiger charge is -2.30. The first-order chi connectivity index (χ1) is 11.1. The van der Waals surface area contributed by atoms with Gasteiger partial charge in [-0.25, -0.2) is 8.42 Å². The van der Waals surface area contributed by atoms with Crippen molar-refractivity contribution in [3.05, 3.63) is 35.4 Å². The van der Waals surface area contributed by atoms with Gasteiger partial charge in [-0.1, -0.05) is 31.2 Å². The van der Waals surface area contributed by atoms with Gasteiger partial charge in [0.05, 0.1) is 17.6 Å².